The van der Waals surface area contributed by atoms with Crippen LogP contribution in [0.2, 0.25) is 0 Å². The van der Waals surface area contributed by atoms with Crippen LogP contribution in [0.25, 0.3) is 21.9 Å². The molecule has 0 radical (unpaired) electrons. The smallest absolute Gasteiger partial charge is 0.271 e. The third kappa shape index (κ3) is 4.65. The summed E-state index contributed by atoms with van der Waals surface area (Å²) in [4.78, 5) is 23.2. The molecule has 1 amide bonds. The number of nitro groups is 1. The molecule has 0 spiro atoms. The number of carbonyl (C=O) groups is 1. The van der Waals surface area contributed by atoms with E-state index in [2.05, 4.69) is 16.0 Å². The monoisotopic (exact) mass is 450 g/mol. The van der Waals surface area contributed by atoms with Gasteiger partial charge in [0.1, 0.15) is 16.9 Å². The quantitative estimate of drug-likeness (QED) is 0.222. The van der Waals surface area contributed by atoms with Gasteiger partial charge in [-0.15, -0.1) is 0 Å². The molecule has 3 aromatic carbocycles. The highest BCUT2D eigenvalue weighted by Crippen LogP contribution is 2.36. The predicted molar refractivity (Wildman–Crippen MR) is 126 cm³/mol. The summed E-state index contributed by atoms with van der Waals surface area (Å²) in [6, 6.07) is 15.3. The highest BCUT2D eigenvalue weighted by Gasteiger charge is 2.15. The van der Waals surface area contributed by atoms with Crippen LogP contribution in [0.3, 0.4) is 0 Å². The molecule has 4 rings (SSSR count). The molecule has 0 saturated carbocycles. The molecule has 0 saturated heterocycles. The topological polar surface area (TPSA) is 139 Å². The lowest BCUT2D eigenvalue weighted by atomic mass is 10.1. The van der Waals surface area contributed by atoms with Crippen LogP contribution in [0.15, 0.2) is 59.0 Å². The molecule has 0 atom stereocenters. The minimum atomic E-state index is -0.519. The van der Waals surface area contributed by atoms with Crippen molar-refractivity contribution >= 4 is 50.6 Å². The van der Waals surface area contributed by atoms with Crippen molar-refractivity contribution in [2.75, 3.05) is 42.8 Å². The van der Waals surface area contributed by atoms with E-state index < -0.39 is 4.92 Å². The van der Waals surface area contributed by atoms with Gasteiger partial charge in [-0.3, -0.25) is 14.9 Å². The van der Waals surface area contributed by atoms with Crippen molar-refractivity contribution in [3.63, 3.8) is 0 Å². The molecule has 0 aliphatic carbocycles. The van der Waals surface area contributed by atoms with Crippen LogP contribution in [0.5, 0.6) is 5.75 Å². The molecule has 1 aromatic heterocycles. The van der Waals surface area contributed by atoms with Crippen LogP contribution < -0.4 is 20.7 Å². The second-order valence-corrected chi connectivity index (χ2v) is 7.19. The zero-order chi connectivity index (χ0) is 23.4. The number of nitro benzene ring substituents is 1. The Labute approximate surface area is 188 Å². The third-order valence-electron chi connectivity index (χ3n) is 5.05. The summed E-state index contributed by atoms with van der Waals surface area (Å²) in [5.74, 6) is 0.0893. The first-order chi connectivity index (χ1) is 16.0. The van der Waals surface area contributed by atoms with Gasteiger partial charge in [0.15, 0.2) is 0 Å². The first-order valence-electron chi connectivity index (χ1n) is 10.2. The van der Waals surface area contributed by atoms with Crippen molar-refractivity contribution in [2.45, 2.75) is 0 Å². The maximum atomic E-state index is 12.7. The second-order valence-electron chi connectivity index (χ2n) is 7.19. The number of methoxy groups -OCH3 is 1. The van der Waals surface area contributed by atoms with Crippen molar-refractivity contribution in [3.05, 3.63) is 64.7 Å². The van der Waals surface area contributed by atoms with Gasteiger partial charge in [-0.25, -0.2) is 0 Å². The number of hydrogen-bond donors (Lipinski definition) is 4. The molecular formula is C23H22N4O6. The molecule has 0 unspecified atom stereocenters. The fourth-order valence-corrected chi connectivity index (χ4v) is 3.52. The average Bonchev–Trinajstić information content (AvgIpc) is 3.18. The maximum absolute atomic E-state index is 12.7. The van der Waals surface area contributed by atoms with Gasteiger partial charge in [-0.1, -0.05) is 18.2 Å². The number of furan rings is 1. The number of rotatable bonds is 9. The van der Waals surface area contributed by atoms with Crippen LogP contribution in [0.1, 0.15) is 0 Å². The average molecular weight is 450 g/mol. The van der Waals surface area contributed by atoms with Crippen molar-refractivity contribution in [1.82, 2.24) is 0 Å². The Kier molecular flexibility index (Phi) is 6.27. The Morgan fingerprint density at radius 2 is 1.85 bits per heavy atom. The van der Waals surface area contributed by atoms with E-state index >= 15 is 0 Å². The second kappa shape index (κ2) is 9.45. The lowest BCUT2D eigenvalue weighted by molar-refractivity contribution is -0.384. The normalized spacial score (nSPS) is 10.8. The number of amides is 1. The first kappa shape index (κ1) is 21.9. The van der Waals surface area contributed by atoms with Gasteiger partial charge in [0.2, 0.25) is 5.91 Å². The summed E-state index contributed by atoms with van der Waals surface area (Å²) in [5, 5.41) is 30.6. The number of fused-ring (bicyclic) bond motifs is 3. The number of carbonyl (C=O) groups excluding carboxylic acids is 1. The third-order valence-corrected chi connectivity index (χ3v) is 5.05. The van der Waals surface area contributed by atoms with E-state index in [0.717, 1.165) is 16.4 Å². The number of ether oxygens (including phenoxy) is 1. The van der Waals surface area contributed by atoms with Crippen molar-refractivity contribution in [1.29, 1.82) is 0 Å². The van der Waals surface area contributed by atoms with Gasteiger partial charge in [-0.2, -0.15) is 0 Å². The number of aliphatic hydroxyl groups is 1. The van der Waals surface area contributed by atoms with Crippen LogP contribution in [-0.4, -0.2) is 42.7 Å². The molecule has 4 N–H and O–H groups in total. The Morgan fingerprint density at radius 3 is 2.61 bits per heavy atom. The fraction of sp³-hybridized carbons (Fsp3) is 0.174. The molecule has 4 aromatic rings. The van der Waals surface area contributed by atoms with Crippen molar-refractivity contribution in [2.24, 2.45) is 0 Å². The lowest BCUT2D eigenvalue weighted by Crippen LogP contribution is -2.22. The number of nitrogens with one attached hydrogen (secondary N) is 3. The highest BCUT2D eigenvalue weighted by atomic mass is 16.6. The molecule has 0 bridgehead atoms. The van der Waals surface area contributed by atoms with Gasteiger partial charge in [-0.05, 0) is 18.2 Å². The zero-order valence-electron chi connectivity index (χ0n) is 17.8. The van der Waals surface area contributed by atoms with Crippen molar-refractivity contribution in [3.8, 4) is 5.75 Å². The van der Waals surface area contributed by atoms with Gasteiger partial charge in [0.25, 0.3) is 5.69 Å². The molecular weight excluding hydrogens is 428 g/mol. The fourth-order valence-electron chi connectivity index (χ4n) is 3.52. The number of benzene rings is 3. The molecule has 1 heterocycles. The van der Waals surface area contributed by atoms with Gasteiger partial charge < -0.3 is 30.2 Å². The molecule has 0 aliphatic heterocycles. The van der Waals surface area contributed by atoms with Crippen molar-refractivity contribution < 1.29 is 24.0 Å². The van der Waals surface area contributed by atoms with E-state index in [1.165, 1.54) is 25.3 Å². The minimum absolute atomic E-state index is 0.110. The van der Waals surface area contributed by atoms with Crippen LogP contribution >= 0.6 is 0 Å². The zero-order valence-corrected chi connectivity index (χ0v) is 17.8. The van der Waals surface area contributed by atoms with E-state index in [9.17, 15) is 14.9 Å². The molecule has 0 aliphatic rings. The summed E-state index contributed by atoms with van der Waals surface area (Å²) >= 11 is 0. The number of non-ortho nitro benzene ring substituents is 1. The van der Waals surface area contributed by atoms with Crippen LogP contribution in [0.4, 0.5) is 22.7 Å². The number of para-hydroxylation sites is 1. The summed E-state index contributed by atoms with van der Waals surface area (Å²) in [7, 11) is 1.51. The number of anilines is 3. The standard InChI is InChI=1S/C23H22N4O6/c1-32-22-11-16-15-4-2-3-5-20(15)33-21(16)12-19(22)26-23(29)13-25-18-10-14(27(30)31)6-7-17(18)24-8-9-28/h2-7,10-12,24-25,28H,8-9,13H2,1H3,(H,26,29). The molecule has 33 heavy (non-hydrogen) atoms. The van der Waals surface area contributed by atoms with E-state index in [0.29, 0.717) is 28.4 Å². The Bertz CT molecular complexity index is 1330. The number of nitrogens with zero attached hydrogens (tertiary/aromatic N) is 1. The summed E-state index contributed by atoms with van der Waals surface area (Å²) < 4.78 is 11.3. The van der Waals surface area contributed by atoms with Crippen LogP contribution in [0, 0.1) is 10.1 Å². The predicted octanol–water partition coefficient (Wildman–Crippen LogP) is 3.96. The van der Waals surface area contributed by atoms with Crippen LogP contribution in [-0.2, 0) is 4.79 Å². The maximum Gasteiger partial charge on any atom is 0.271 e. The number of aliphatic hydroxyl groups excluding tert-OH is 1. The first-order valence-corrected chi connectivity index (χ1v) is 10.2. The van der Waals surface area contributed by atoms with Gasteiger partial charge in [0, 0.05) is 35.5 Å². The molecule has 170 valence electrons. The summed E-state index contributed by atoms with van der Waals surface area (Å²) in [5.41, 5.74) is 2.55. The summed E-state index contributed by atoms with van der Waals surface area (Å²) in [6.07, 6.45) is 0. The molecule has 10 nitrogen and oxygen atoms in total. The SMILES string of the molecule is COc1cc2c(cc1NC(=O)CNc1cc([N+](=O)[O-])ccc1NCCO)oc1ccccc12. The van der Waals surface area contributed by atoms with E-state index in [-0.39, 0.29) is 31.3 Å². The molecule has 10 heteroatoms. The Hall–Kier alpha value is -4.31. The van der Waals surface area contributed by atoms with Gasteiger partial charge >= 0.3 is 0 Å². The minimum Gasteiger partial charge on any atom is -0.495 e. The Morgan fingerprint density at radius 1 is 1.03 bits per heavy atom. The lowest BCUT2D eigenvalue weighted by Gasteiger charge is -2.14. The largest absolute Gasteiger partial charge is 0.495 e. The van der Waals surface area contributed by atoms with Gasteiger partial charge in [0.05, 0.1) is 42.2 Å². The highest BCUT2D eigenvalue weighted by molar-refractivity contribution is 6.08. The molecule has 0 fully saturated rings. The number of hydrogen-bond acceptors (Lipinski definition) is 8. The summed E-state index contributed by atoms with van der Waals surface area (Å²) in [6.45, 7) is -0.00925. The van der Waals surface area contributed by atoms with E-state index in [1.54, 1.807) is 6.07 Å². The Balaban J connectivity index is 1.53. The van der Waals surface area contributed by atoms with E-state index in [4.69, 9.17) is 14.3 Å². The van der Waals surface area contributed by atoms with E-state index in [1.807, 2.05) is 30.3 Å².